The molecule has 0 unspecified atom stereocenters. The maximum absolute atomic E-state index is 13.1. The molecule has 266 valence electrons. The molecule has 0 atom stereocenters. The molecule has 4 rings (SSSR count). The summed E-state index contributed by atoms with van der Waals surface area (Å²) in [5.74, 6) is 0.943. The predicted octanol–water partition coefficient (Wildman–Crippen LogP) is 11.0. The number of aryl methyl sites for hydroxylation is 2. The van der Waals surface area contributed by atoms with Gasteiger partial charge in [0, 0.05) is 16.5 Å². The Kier molecular flexibility index (Phi) is 19.1. The Morgan fingerprint density at radius 1 is 0.510 bits per heavy atom. The van der Waals surface area contributed by atoms with E-state index in [1.165, 1.54) is 35.4 Å². The largest absolute Gasteiger partial charge is 0.780 e. The molecule has 2 nitrogen and oxygen atoms in total. The number of hydrogen-bond donors (Lipinski definition) is 0. The minimum atomic E-state index is -0.288. The molecule has 0 amide bonds. The first-order valence-electron chi connectivity index (χ1n) is 16.3. The maximum Gasteiger partial charge on any atom is 0.124 e. The van der Waals surface area contributed by atoms with E-state index in [0.29, 0.717) is 32.8 Å². The second kappa shape index (κ2) is 22.1. The maximum atomic E-state index is 13.1. The molecule has 9 heteroatoms. The van der Waals surface area contributed by atoms with E-state index in [2.05, 4.69) is 27.7 Å². The van der Waals surface area contributed by atoms with E-state index in [9.17, 15) is 8.78 Å². The van der Waals surface area contributed by atoms with Crippen LogP contribution in [0.5, 0.6) is 11.5 Å². The van der Waals surface area contributed by atoms with E-state index < -0.39 is 0 Å². The van der Waals surface area contributed by atoms with Crippen molar-refractivity contribution in [3.63, 3.8) is 0 Å². The van der Waals surface area contributed by atoms with Crippen molar-refractivity contribution in [2.24, 2.45) is 0 Å². The van der Waals surface area contributed by atoms with Gasteiger partial charge in [-0.25, -0.2) is 8.78 Å². The SMILES string of the molecule is CCCCOc1ccc(CC)cc1/C([S-])=C(/[S-])c1ccc(F)cc1.CCCCOc1ccc(CC)cc1/C([S-])=C(/[S-])c1ccc(F)cc1.[Ni]. The Balaban J connectivity index is 0.000000333. The van der Waals surface area contributed by atoms with Gasteiger partial charge in [-0.05, 0) is 108 Å². The number of benzene rings is 4. The van der Waals surface area contributed by atoms with Gasteiger partial charge in [0.05, 0.1) is 13.2 Å². The van der Waals surface area contributed by atoms with Gasteiger partial charge in [0.1, 0.15) is 23.1 Å². The van der Waals surface area contributed by atoms with Gasteiger partial charge in [0.15, 0.2) is 0 Å². The van der Waals surface area contributed by atoms with Gasteiger partial charge in [-0.1, -0.05) is 76.9 Å². The Morgan fingerprint density at radius 3 is 1.16 bits per heavy atom. The normalized spacial score (nSPS) is 11.7. The van der Waals surface area contributed by atoms with E-state index in [1.54, 1.807) is 24.3 Å². The summed E-state index contributed by atoms with van der Waals surface area (Å²) >= 11 is 22.3. The molecule has 0 saturated carbocycles. The van der Waals surface area contributed by atoms with Gasteiger partial charge in [0.2, 0.25) is 0 Å². The number of hydrogen-bond acceptors (Lipinski definition) is 6. The molecule has 4 aromatic rings. The molecular weight excluding hydrogens is 737 g/mol. The molecule has 0 spiro atoms. The summed E-state index contributed by atoms with van der Waals surface area (Å²) in [5.41, 5.74) is 5.54. The molecule has 0 aromatic heterocycles. The topological polar surface area (TPSA) is 18.5 Å². The van der Waals surface area contributed by atoms with Gasteiger partial charge < -0.3 is 60.0 Å². The zero-order valence-corrected chi connectivity index (χ0v) is 32.5. The summed E-state index contributed by atoms with van der Waals surface area (Å²) in [6.45, 7) is 9.75. The quantitative estimate of drug-likeness (QED) is 0.0545. The number of halogens is 2. The first-order valence-corrected chi connectivity index (χ1v) is 18.0. The van der Waals surface area contributed by atoms with Gasteiger partial charge >= 0.3 is 0 Å². The van der Waals surface area contributed by atoms with Crippen molar-refractivity contribution in [3.05, 3.63) is 130 Å². The molecular formula is C40H42F2NiO2S4-4. The van der Waals surface area contributed by atoms with Crippen LogP contribution in [0.25, 0.3) is 19.6 Å². The number of ether oxygens (including phenoxy) is 2. The van der Waals surface area contributed by atoms with Crippen molar-refractivity contribution in [1.29, 1.82) is 0 Å². The standard InChI is InChI=1S/2C20H23FOS2.Ni/c2*1-3-5-12-22-18-11-6-14(4-2)13-17(18)20(24)19(23)15-7-9-16(21)10-8-15;/h2*6-11,13,23-24H,3-5,12H2,1-2H3;/p-4/b2*20-19-;. The first-order chi connectivity index (χ1) is 23.1. The fourth-order valence-corrected chi connectivity index (χ4v) is 5.61. The molecule has 0 N–H and O–H groups in total. The van der Waals surface area contributed by atoms with Gasteiger partial charge in [0.25, 0.3) is 0 Å². The Hall–Kier alpha value is -2.81. The summed E-state index contributed by atoms with van der Waals surface area (Å²) in [7, 11) is 0. The Morgan fingerprint density at radius 2 is 0.857 bits per heavy atom. The van der Waals surface area contributed by atoms with E-state index in [0.717, 1.165) is 72.3 Å². The Labute approximate surface area is 323 Å². The average molecular weight is 780 g/mol. The molecule has 0 bridgehead atoms. The Bertz CT molecular complexity index is 1550. The predicted molar refractivity (Wildman–Crippen MR) is 208 cm³/mol. The molecule has 0 aliphatic rings. The number of unbranched alkanes of at least 4 members (excludes halogenated alkanes) is 2. The minimum Gasteiger partial charge on any atom is -0.780 e. The van der Waals surface area contributed by atoms with Crippen molar-refractivity contribution in [3.8, 4) is 11.5 Å². The summed E-state index contributed by atoms with van der Waals surface area (Å²) in [6.07, 6.45) is 5.94. The fourth-order valence-electron chi connectivity index (χ4n) is 4.56. The van der Waals surface area contributed by atoms with E-state index in [1.807, 2.05) is 36.4 Å². The van der Waals surface area contributed by atoms with Crippen molar-refractivity contribution in [1.82, 2.24) is 0 Å². The second-order valence-electron chi connectivity index (χ2n) is 11.1. The van der Waals surface area contributed by atoms with Crippen molar-refractivity contribution in [2.45, 2.75) is 66.2 Å². The second-order valence-corrected chi connectivity index (χ2v) is 12.7. The van der Waals surface area contributed by atoms with Gasteiger partial charge in [-0.2, -0.15) is 19.6 Å². The van der Waals surface area contributed by atoms with E-state index in [-0.39, 0.29) is 28.1 Å². The molecule has 4 aromatic carbocycles. The van der Waals surface area contributed by atoms with Crippen LogP contribution in [0, 0.1) is 11.6 Å². The van der Waals surface area contributed by atoms with E-state index >= 15 is 0 Å². The van der Waals surface area contributed by atoms with Gasteiger partial charge in [-0.15, -0.1) is 0 Å². The smallest absolute Gasteiger partial charge is 0.124 e. The van der Waals surface area contributed by atoms with E-state index in [4.69, 9.17) is 60.0 Å². The third-order valence-corrected chi connectivity index (χ3v) is 9.52. The van der Waals surface area contributed by atoms with Crippen LogP contribution in [0.4, 0.5) is 8.78 Å². The van der Waals surface area contributed by atoms with Crippen LogP contribution in [0.2, 0.25) is 0 Å². The molecule has 0 saturated heterocycles. The van der Waals surface area contributed by atoms with Crippen molar-refractivity contribution in [2.75, 3.05) is 13.2 Å². The van der Waals surface area contributed by atoms with Crippen molar-refractivity contribution >= 4 is 70.1 Å². The molecule has 0 aliphatic heterocycles. The van der Waals surface area contributed by atoms with Crippen LogP contribution < -0.4 is 9.47 Å². The fraction of sp³-hybridized carbons (Fsp3) is 0.300. The van der Waals surface area contributed by atoms with Crippen LogP contribution >= 0.6 is 0 Å². The zero-order valence-electron chi connectivity index (χ0n) is 28.3. The molecule has 0 heterocycles. The summed E-state index contributed by atoms with van der Waals surface area (Å²) in [5, 5.41) is 0. The summed E-state index contributed by atoms with van der Waals surface area (Å²) < 4.78 is 38.0. The monoisotopic (exact) mass is 778 g/mol. The third-order valence-electron chi connectivity index (χ3n) is 7.53. The third kappa shape index (κ3) is 12.8. The molecule has 0 radical (unpaired) electrons. The molecule has 49 heavy (non-hydrogen) atoms. The van der Waals surface area contributed by atoms with Crippen LogP contribution in [-0.2, 0) is 79.8 Å². The van der Waals surface area contributed by atoms with Crippen LogP contribution in [0.1, 0.15) is 86.8 Å². The van der Waals surface area contributed by atoms with Crippen LogP contribution in [0.3, 0.4) is 0 Å². The van der Waals surface area contributed by atoms with Gasteiger partial charge in [-0.3, -0.25) is 0 Å². The summed E-state index contributed by atoms with van der Waals surface area (Å²) in [4.78, 5) is 2.22. The summed E-state index contributed by atoms with van der Waals surface area (Å²) in [6, 6.07) is 24.3. The van der Waals surface area contributed by atoms with Crippen molar-refractivity contribution < 1.29 is 34.7 Å². The number of rotatable bonds is 14. The minimum absolute atomic E-state index is 0. The first kappa shape index (κ1) is 42.4. The van der Waals surface area contributed by atoms with Crippen LogP contribution in [-0.4, -0.2) is 13.2 Å². The zero-order chi connectivity index (χ0) is 35.1. The molecule has 0 aliphatic carbocycles. The van der Waals surface area contributed by atoms with Crippen LogP contribution in [0.15, 0.2) is 84.9 Å². The molecule has 0 fully saturated rings. The average Bonchev–Trinajstić information content (AvgIpc) is 3.11.